The van der Waals surface area contributed by atoms with Gasteiger partial charge < -0.3 is 14.8 Å². The van der Waals surface area contributed by atoms with Gasteiger partial charge in [-0.25, -0.2) is 46.3 Å². The third-order valence-corrected chi connectivity index (χ3v) is 12.3. The van der Waals surface area contributed by atoms with Crippen LogP contribution >= 0.6 is 0 Å². The van der Waals surface area contributed by atoms with Gasteiger partial charge in [-0.3, -0.25) is 23.9 Å². The molecule has 328 valence electrons. The average molecular weight is 883 g/mol. The van der Waals surface area contributed by atoms with Crippen molar-refractivity contribution in [2.75, 3.05) is 17.9 Å². The molecule has 1 fully saturated rings. The second-order valence-corrected chi connectivity index (χ2v) is 16.7. The quantitative estimate of drug-likeness (QED) is 0.125. The number of carbonyl (C=O) groups is 2. The maximum atomic E-state index is 15.6. The molecule has 0 aliphatic carbocycles. The fraction of sp³-hybridized carbons (Fsp3) is 0.318. The first-order chi connectivity index (χ1) is 30.3. The van der Waals surface area contributed by atoms with Crippen LogP contribution in [-0.2, 0) is 37.8 Å². The van der Waals surface area contributed by atoms with E-state index in [1.807, 2.05) is 18.6 Å². The van der Waals surface area contributed by atoms with Crippen molar-refractivity contribution in [1.29, 1.82) is 0 Å². The maximum absolute atomic E-state index is 15.6. The Hall–Kier alpha value is -6.73. The third kappa shape index (κ3) is 9.84. The van der Waals surface area contributed by atoms with Crippen molar-refractivity contribution >= 4 is 38.5 Å². The molecular weight excluding hydrogens is 839 g/mol. The number of rotatable bonds is 15. The number of halogens is 2. The van der Waals surface area contributed by atoms with Crippen LogP contribution in [0, 0.1) is 11.6 Å². The zero-order valence-electron chi connectivity index (χ0n) is 34.6. The van der Waals surface area contributed by atoms with Gasteiger partial charge in [-0.1, -0.05) is 32.0 Å². The van der Waals surface area contributed by atoms with Crippen LogP contribution in [0.5, 0.6) is 0 Å². The number of benzene rings is 2. The summed E-state index contributed by atoms with van der Waals surface area (Å²) in [5.41, 5.74) is -0.534. The highest BCUT2D eigenvalue weighted by Gasteiger charge is 2.28. The number of fused-ring (bicyclic) bond motifs is 1. The molecule has 0 saturated carbocycles. The number of ether oxygens (including phenoxy) is 2. The summed E-state index contributed by atoms with van der Waals surface area (Å²) in [4.78, 5) is 70.2. The third-order valence-electron chi connectivity index (χ3n) is 10.9. The Kier molecular flexibility index (Phi) is 13.5. The van der Waals surface area contributed by atoms with Crippen LogP contribution in [0.15, 0.2) is 100 Å². The topological polar surface area (TPSA) is 206 Å². The second kappa shape index (κ2) is 19.1. The first-order valence-electron chi connectivity index (χ1n) is 20.3. The van der Waals surface area contributed by atoms with Crippen molar-refractivity contribution in [3.63, 3.8) is 0 Å². The molecule has 1 aliphatic heterocycles. The Labute approximate surface area is 360 Å². The summed E-state index contributed by atoms with van der Waals surface area (Å²) in [6, 6.07) is 10.0. The molecule has 63 heavy (non-hydrogen) atoms. The minimum Gasteiger partial charge on any atom is -0.461 e. The number of carbonyl (C=O) groups excluding carboxylic acids is 2. The highest BCUT2D eigenvalue weighted by atomic mass is 32.2. The smallest absolute Gasteiger partial charge is 0.337 e. The number of pyridine rings is 2. The molecule has 7 rings (SSSR count). The molecule has 1 amide bonds. The number of aryl methyl sites for hydroxylation is 2. The molecule has 5 heterocycles. The van der Waals surface area contributed by atoms with Crippen molar-refractivity contribution < 1.29 is 36.3 Å². The molecule has 19 heteroatoms. The predicted octanol–water partition coefficient (Wildman–Crippen LogP) is 5.37. The summed E-state index contributed by atoms with van der Waals surface area (Å²) in [7, 11) is -2.91. The van der Waals surface area contributed by atoms with Gasteiger partial charge in [-0.2, -0.15) is 0 Å². The summed E-state index contributed by atoms with van der Waals surface area (Å²) in [5.74, 6) is -3.49. The van der Waals surface area contributed by atoms with Gasteiger partial charge >= 0.3 is 11.7 Å². The largest absolute Gasteiger partial charge is 0.461 e. The van der Waals surface area contributed by atoms with Gasteiger partial charge in [0, 0.05) is 62.6 Å². The van der Waals surface area contributed by atoms with E-state index in [1.54, 1.807) is 18.5 Å². The van der Waals surface area contributed by atoms with Crippen molar-refractivity contribution in [2.24, 2.45) is 7.05 Å². The molecule has 1 aliphatic rings. The molecule has 0 bridgehead atoms. The standard InChI is InChI=1S/C44H44F2N8O8S/c1-4-30(5-2)62-43(57)36(12-6-26-7-13-39(48-22-26)54-42(56)32-14-17-47-25-38(32)53(3)44(54)58)51-41(55)33-20-35(46)37(21-34(33)45)52-63(59,60)31-10-8-27(9-11-31)29-23-49-40(50-24-29)28-15-18-61-19-16-28/h7-11,13-14,17,20-25,28,30,36,52H,4-6,12,15-16,18-19H2,1-3H3,(H,51,55)/t36-/m0/s1. The van der Waals surface area contributed by atoms with E-state index in [4.69, 9.17) is 9.47 Å². The summed E-state index contributed by atoms with van der Waals surface area (Å²) in [5, 5.41) is 2.71. The number of anilines is 1. The van der Waals surface area contributed by atoms with Crippen LogP contribution < -0.4 is 21.3 Å². The van der Waals surface area contributed by atoms with E-state index in [1.165, 1.54) is 66.6 Å². The molecule has 0 spiro atoms. The lowest BCUT2D eigenvalue weighted by molar-refractivity contribution is -0.151. The monoisotopic (exact) mass is 882 g/mol. The Balaban J connectivity index is 1.04. The van der Waals surface area contributed by atoms with Gasteiger partial charge in [0.15, 0.2) is 0 Å². The number of hydrogen-bond acceptors (Lipinski definition) is 12. The van der Waals surface area contributed by atoms with Crippen LogP contribution in [0.2, 0.25) is 0 Å². The number of amides is 1. The lowest BCUT2D eigenvalue weighted by Gasteiger charge is -2.22. The summed E-state index contributed by atoms with van der Waals surface area (Å²) < 4.78 is 72.9. The van der Waals surface area contributed by atoms with E-state index in [9.17, 15) is 27.6 Å². The molecule has 16 nitrogen and oxygen atoms in total. The number of aromatic nitrogens is 6. The minimum absolute atomic E-state index is 0.0560. The van der Waals surface area contributed by atoms with E-state index in [2.05, 4.69) is 25.3 Å². The van der Waals surface area contributed by atoms with E-state index in [0.717, 1.165) is 17.4 Å². The summed E-state index contributed by atoms with van der Waals surface area (Å²) in [6.07, 6.45) is 9.81. The molecule has 1 atom stereocenters. The molecule has 6 aromatic rings. The van der Waals surface area contributed by atoms with Crippen LogP contribution in [-0.4, -0.2) is 74.7 Å². The van der Waals surface area contributed by atoms with Crippen molar-refractivity contribution in [1.82, 2.24) is 34.4 Å². The van der Waals surface area contributed by atoms with Crippen molar-refractivity contribution in [2.45, 2.75) is 75.3 Å². The fourth-order valence-corrected chi connectivity index (χ4v) is 8.23. The highest BCUT2D eigenvalue weighted by molar-refractivity contribution is 7.92. The molecule has 1 saturated heterocycles. The van der Waals surface area contributed by atoms with E-state index >= 15 is 8.78 Å². The molecule has 2 N–H and O–H groups in total. The Bertz CT molecular complexity index is 2870. The van der Waals surface area contributed by atoms with Crippen molar-refractivity contribution in [3.05, 3.63) is 135 Å². The minimum atomic E-state index is -4.42. The summed E-state index contributed by atoms with van der Waals surface area (Å²) in [6.45, 7) is 4.94. The lowest BCUT2D eigenvalue weighted by atomic mass is 9.99. The van der Waals surface area contributed by atoms with E-state index in [0.29, 0.717) is 66.2 Å². The molecule has 0 radical (unpaired) electrons. The van der Waals surface area contributed by atoms with E-state index < -0.39 is 68.2 Å². The maximum Gasteiger partial charge on any atom is 0.337 e. The van der Waals surface area contributed by atoms with Crippen LogP contribution in [0.1, 0.15) is 73.6 Å². The first kappa shape index (κ1) is 44.3. The number of hydrogen-bond donors (Lipinski definition) is 2. The van der Waals surface area contributed by atoms with Crippen LogP contribution in [0.3, 0.4) is 0 Å². The highest BCUT2D eigenvalue weighted by Crippen LogP contribution is 2.28. The molecule has 2 aromatic carbocycles. The van der Waals surface area contributed by atoms with E-state index in [-0.39, 0.29) is 34.9 Å². The number of esters is 1. The molecule has 4 aromatic heterocycles. The Morgan fingerprint density at radius 1 is 0.905 bits per heavy atom. The second-order valence-electron chi connectivity index (χ2n) is 15.0. The van der Waals surface area contributed by atoms with Gasteiger partial charge in [0.2, 0.25) is 0 Å². The van der Waals surface area contributed by atoms with Gasteiger partial charge in [0.05, 0.1) is 33.2 Å². The zero-order chi connectivity index (χ0) is 44.8. The fourth-order valence-electron chi connectivity index (χ4n) is 7.17. The Morgan fingerprint density at radius 2 is 1.62 bits per heavy atom. The number of nitrogens with zero attached hydrogens (tertiary/aromatic N) is 6. The van der Waals surface area contributed by atoms with Crippen LogP contribution in [0.25, 0.3) is 27.8 Å². The van der Waals surface area contributed by atoms with Gasteiger partial charge in [0.25, 0.3) is 21.5 Å². The number of sulfonamides is 1. The van der Waals surface area contributed by atoms with Crippen LogP contribution in [0.4, 0.5) is 14.5 Å². The molecule has 0 unspecified atom stereocenters. The normalized spacial score (nSPS) is 13.8. The van der Waals surface area contributed by atoms with Gasteiger partial charge in [-0.15, -0.1) is 0 Å². The summed E-state index contributed by atoms with van der Waals surface area (Å²) >= 11 is 0. The van der Waals surface area contributed by atoms with Gasteiger partial charge in [-0.05, 0) is 80.0 Å². The lowest BCUT2D eigenvalue weighted by Crippen LogP contribution is -2.43. The average Bonchev–Trinajstić information content (AvgIpc) is 3.30. The first-order valence-corrected chi connectivity index (χ1v) is 21.8. The SMILES string of the molecule is CCC(CC)OC(=O)[C@H](CCc1ccc(-n2c(=O)c3ccncc3n(C)c2=O)nc1)NC(=O)c1cc(F)c(NS(=O)(=O)c2ccc(-c3cnc(C4CCOCC4)nc3)cc2)cc1F. The number of nitrogens with one attached hydrogen (secondary N) is 2. The van der Waals surface area contributed by atoms with Gasteiger partial charge in [0.1, 0.15) is 35.4 Å². The van der Waals surface area contributed by atoms with Crippen molar-refractivity contribution in [3.8, 4) is 16.9 Å². The predicted molar refractivity (Wildman–Crippen MR) is 228 cm³/mol. The molecular formula is C44H44F2N8O8S. The zero-order valence-corrected chi connectivity index (χ0v) is 35.4. The Morgan fingerprint density at radius 3 is 2.29 bits per heavy atom.